The van der Waals surface area contributed by atoms with Crippen LogP contribution in [0.15, 0.2) is 24.3 Å². The van der Waals surface area contributed by atoms with Crippen LogP contribution in [-0.4, -0.2) is 48.5 Å². The first-order valence-electron chi connectivity index (χ1n) is 6.27. The molecule has 2 rings (SSSR count). The number of hydrogen-bond acceptors (Lipinski definition) is 4. The summed E-state index contributed by atoms with van der Waals surface area (Å²) in [6.45, 7) is 0.453. The van der Waals surface area contributed by atoms with Gasteiger partial charge in [-0.25, -0.2) is 12.8 Å². The number of benzene rings is 1. The van der Waals surface area contributed by atoms with E-state index in [1.807, 2.05) is 0 Å². The minimum atomic E-state index is -3.21. The maximum atomic E-state index is 13.6. The Balaban J connectivity index is 2.16. The van der Waals surface area contributed by atoms with Crippen molar-refractivity contribution in [2.24, 2.45) is 0 Å². The summed E-state index contributed by atoms with van der Waals surface area (Å²) in [6, 6.07) is 5.63. The number of nitrogens with zero attached hydrogens (tertiary/aromatic N) is 1. The number of carboxylic acid groups (broad SMARTS) is 1. The lowest BCUT2D eigenvalue weighted by molar-refractivity contribution is -0.138. The molecule has 1 fully saturated rings. The first kappa shape index (κ1) is 14.9. The van der Waals surface area contributed by atoms with Crippen LogP contribution in [0.25, 0.3) is 0 Å². The Morgan fingerprint density at radius 1 is 1.40 bits per heavy atom. The predicted octanol–water partition coefficient (Wildman–Crippen LogP) is 0.899. The van der Waals surface area contributed by atoms with E-state index in [4.69, 9.17) is 5.11 Å². The zero-order valence-corrected chi connectivity index (χ0v) is 11.6. The zero-order chi connectivity index (χ0) is 14.8. The van der Waals surface area contributed by atoms with Crippen LogP contribution >= 0.6 is 0 Å². The fourth-order valence-electron chi connectivity index (χ4n) is 2.36. The summed E-state index contributed by atoms with van der Waals surface area (Å²) in [5, 5.41) is 8.88. The zero-order valence-electron chi connectivity index (χ0n) is 10.8. The number of rotatable bonds is 4. The molecule has 1 aromatic carbocycles. The van der Waals surface area contributed by atoms with Gasteiger partial charge in [-0.3, -0.25) is 9.69 Å². The first-order chi connectivity index (χ1) is 9.37. The van der Waals surface area contributed by atoms with Crippen molar-refractivity contribution in [3.63, 3.8) is 0 Å². The van der Waals surface area contributed by atoms with Gasteiger partial charge in [-0.15, -0.1) is 0 Å². The third-order valence-corrected chi connectivity index (χ3v) is 5.09. The van der Waals surface area contributed by atoms with Gasteiger partial charge in [0.15, 0.2) is 9.84 Å². The van der Waals surface area contributed by atoms with E-state index in [1.165, 1.54) is 6.07 Å². The van der Waals surface area contributed by atoms with Crippen LogP contribution < -0.4 is 0 Å². The van der Waals surface area contributed by atoms with E-state index >= 15 is 0 Å². The summed E-state index contributed by atoms with van der Waals surface area (Å²) in [5.74, 6) is -1.62. The van der Waals surface area contributed by atoms with Crippen LogP contribution in [-0.2, 0) is 21.2 Å². The van der Waals surface area contributed by atoms with Crippen molar-refractivity contribution in [1.82, 2.24) is 4.90 Å². The van der Waals surface area contributed by atoms with Crippen molar-refractivity contribution in [3.8, 4) is 0 Å². The molecule has 1 saturated heterocycles. The van der Waals surface area contributed by atoms with Crippen molar-refractivity contribution < 1.29 is 22.7 Å². The smallest absolute Gasteiger partial charge is 0.304 e. The number of carboxylic acids is 1. The third kappa shape index (κ3) is 3.77. The lowest BCUT2D eigenvalue weighted by atomic mass is 10.1. The number of halogens is 1. The van der Waals surface area contributed by atoms with Crippen molar-refractivity contribution in [2.45, 2.75) is 19.0 Å². The summed E-state index contributed by atoms with van der Waals surface area (Å²) in [7, 11) is -3.21. The van der Waals surface area contributed by atoms with Crippen LogP contribution in [0.1, 0.15) is 12.0 Å². The van der Waals surface area contributed by atoms with Gasteiger partial charge >= 0.3 is 5.97 Å². The molecule has 1 aliphatic heterocycles. The van der Waals surface area contributed by atoms with Crippen LogP contribution in [0.2, 0.25) is 0 Å². The average molecular weight is 301 g/mol. The molecule has 1 aromatic rings. The van der Waals surface area contributed by atoms with Gasteiger partial charge < -0.3 is 5.11 Å². The van der Waals surface area contributed by atoms with E-state index < -0.39 is 21.8 Å². The quantitative estimate of drug-likeness (QED) is 0.894. The highest BCUT2D eigenvalue weighted by Gasteiger charge is 2.32. The van der Waals surface area contributed by atoms with Crippen molar-refractivity contribution >= 4 is 15.8 Å². The summed E-state index contributed by atoms with van der Waals surface area (Å²) < 4.78 is 36.9. The largest absolute Gasteiger partial charge is 0.481 e. The molecule has 0 saturated carbocycles. The van der Waals surface area contributed by atoms with Crippen LogP contribution in [0.5, 0.6) is 0 Å². The van der Waals surface area contributed by atoms with Crippen molar-refractivity contribution in [1.29, 1.82) is 0 Å². The molecule has 1 heterocycles. The van der Waals surface area contributed by atoms with E-state index in [9.17, 15) is 17.6 Å². The number of aliphatic carboxylic acids is 1. The molecule has 7 heteroatoms. The molecule has 0 radical (unpaired) electrons. The summed E-state index contributed by atoms with van der Waals surface area (Å²) in [4.78, 5) is 12.6. The highest BCUT2D eigenvalue weighted by molar-refractivity contribution is 7.91. The van der Waals surface area contributed by atoms with Gasteiger partial charge in [-0.05, 0) is 6.07 Å². The Morgan fingerprint density at radius 2 is 2.10 bits per heavy atom. The summed E-state index contributed by atoms with van der Waals surface area (Å²) in [6.07, 6.45) is -0.256. The highest BCUT2D eigenvalue weighted by atomic mass is 32.2. The molecular weight excluding hydrogens is 285 g/mol. The number of carbonyl (C=O) groups is 1. The van der Waals surface area contributed by atoms with E-state index in [2.05, 4.69) is 0 Å². The Morgan fingerprint density at radius 3 is 2.75 bits per heavy atom. The maximum Gasteiger partial charge on any atom is 0.304 e. The van der Waals surface area contributed by atoms with Gasteiger partial charge in [0.1, 0.15) is 5.82 Å². The van der Waals surface area contributed by atoms with Gasteiger partial charge in [0.2, 0.25) is 0 Å². The molecule has 0 bridgehead atoms. The molecule has 110 valence electrons. The van der Waals surface area contributed by atoms with Gasteiger partial charge in [-0.1, -0.05) is 18.2 Å². The average Bonchev–Trinajstić information content (AvgIpc) is 2.34. The molecule has 0 aliphatic carbocycles. The van der Waals surface area contributed by atoms with Crippen LogP contribution in [0.3, 0.4) is 0 Å². The third-order valence-electron chi connectivity index (χ3n) is 3.39. The molecule has 1 N–H and O–H groups in total. The fourth-order valence-corrected chi connectivity index (χ4v) is 3.96. The van der Waals surface area contributed by atoms with Gasteiger partial charge in [0.05, 0.1) is 17.9 Å². The Bertz CT molecular complexity index is 602. The maximum absolute atomic E-state index is 13.6. The van der Waals surface area contributed by atoms with E-state index in [-0.39, 0.29) is 36.8 Å². The normalized spacial score (nSPS) is 22.6. The minimum Gasteiger partial charge on any atom is -0.481 e. The van der Waals surface area contributed by atoms with Gasteiger partial charge in [-0.2, -0.15) is 0 Å². The Hall–Kier alpha value is -1.47. The lowest BCUT2D eigenvalue weighted by Gasteiger charge is -2.34. The molecular formula is C13H16FNO4S. The van der Waals surface area contributed by atoms with E-state index in [1.54, 1.807) is 23.1 Å². The topological polar surface area (TPSA) is 74.7 Å². The second-order valence-corrected chi connectivity index (χ2v) is 7.16. The standard InChI is InChI=1S/C13H16FNO4S/c14-12-4-2-1-3-10(12)8-15-5-6-20(18,19)9-11(15)7-13(16)17/h1-4,11H,5-9H2,(H,16,17). The molecule has 0 amide bonds. The minimum absolute atomic E-state index is 0.0163. The Labute approximate surface area is 116 Å². The molecule has 0 spiro atoms. The van der Waals surface area contributed by atoms with Gasteiger partial charge in [0, 0.05) is 24.7 Å². The second-order valence-electron chi connectivity index (χ2n) is 4.93. The first-order valence-corrected chi connectivity index (χ1v) is 8.09. The lowest BCUT2D eigenvalue weighted by Crippen LogP contribution is -2.48. The highest BCUT2D eigenvalue weighted by Crippen LogP contribution is 2.19. The summed E-state index contributed by atoms with van der Waals surface area (Å²) in [5.41, 5.74) is 0.446. The fraction of sp³-hybridized carbons (Fsp3) is 0.462. The molecule has 1 atom stereocenters. The van der Waals surface area contributed by atoms with Gasteiger partial charge in [0.25, 0.3) is 0 Å². The molecule has 1 aliphatic rings. The van der Waals surface area contributed by atoms with E-state index in [0.717, 1.165) is 0 Å². The van der Waals surface area contributed by atoms with Crippen molar-refractivity contribution in [3.05, 3.63) is 35.6 Å². The molecule has 1 unspecified atom stereocenters. The van der Waals surface area contributed by atoms with Crippen LogP contribution in [0, 0.1) is 5.82 Å². The van der Waals surface area contributed by atoms with Crippen molar-refractivity contribution in [2.75, 3.05) is 18.1 Å². The summed E-state index contributed by atoms with van der Waals surface area (Å²) >= 11 is 0. The van der Waals surface area contributed by atoms with Crippen LogP contribution in [0.4, 0.5) is 4.39 Å². The van der Waals surface area contributed by atoms with E-state index in [0.29, 0.717) is 5.56 Å². The number of sulfone groups is 1. The predicted molar refractivity (Wildman–Crippen MR) is 71.5 cm³/mol. The Kier molecular flexibility index (Phi) is 4.39. The molecule has 5 nitrogen and oxygen atoms in total. The number of hydrogen-bond donors (Lipinski definition) is 1. The molecule has 20 heavy (non-hydrogen) atoms. The second kappa shape index (κ2) is 5.88. The monoisotopic (exact) mass is 301 g/mol. The molecule has 0 aromatic heterocycles. The SMILES string of the molecule is O=C(O)CC1CS(=O)(=O)CCN1Cc1ccccc1F.